The summed E-state index contributed by atoms with van der Waals surface area (Å²) in [5.41, 5.74) is 2.88. The minimum Gasteiger partial charge on any atom is -0.485 e. The molecule has 1 aliphatic carbocycles. The van der Waals surface area contributed by atoms with Crippen molar-refractivity contribution in [2.75, 3.05) is 37.6 Å². The van der Waals surface area contributed by atoms with E-state index in [1.807, 2.05) is 76.0 Å². The number of amides is 3. The Kier molecular flexibility index (Phi) is 12.5. The topological polar surface area (TPSA) is 104 Å². The Balaban J connectivity index is 1.21. The van der Waals surface area contributed by atoms with Gasteiger partial charge in [-0.3, -0.25) is 9.59 Å². The van der Waals surface area contributed by atoms with Gasteiger partial charge in [0.15, 0.2) is 5.75 Å². The van der Waals surface area contributed by atoms with Gasteiger partial charge in [-0.2, -0.15) is 0 Å². The van der Waals surface area contributed by atoms with Gasteiger partial charge < -0.3 is 29.5 Å². The van der Waals surface area contributed by atoms with Gasteiger partial charge in [0.1, 0.15) is 17.5 Å². The Morgan fingerprint density at radius 3 is 2.33 bits per heavy atom. The summed E-state index contributed by atoms with van der Waals surface area (Å²) in [6, 6.07) is 13.4. The van der Waals surface area contributed by atoms with Crippen molar-refractivity contribution in [2.24, 2.45) is 5.92 Å². The van der Waals surface area contributed by atoms with Crippen molar-refractivity contribution in [1.82, 2.24) is 20.1 Å². The number of ether oxygens (including phenoxy) is 2. The van der Waals surface area contributed by atoms with E-state index in [0.717, 1.165) is 53.9 Å². The largest absolute Gasteiger partial charge is 0.485 e. The van der Waals surface area contributed by atoms with Crippen LogP contribution in [0.4, 0.5) is 10.6 Å². The summed E-state index contributed by atoms with van der Waals surface area (Å²) in [4.78, 5) is 51.1. The number of hydrogen-bond donors (Lipinski definition) is 1. The number of piperidine rings is 1. The fourth-order valence-electron chi connectivity index (χ4n) is 7.37. The molecule has 1 N–H and O–H groups in total. The molecule has 0 radical (unpaired) electrons. The molecule has 1 aromatic heterocycles. The number of aromatic nitrogens is 1. The van der Waals surface area contributed by atoms with E-state index < -0.39 is 17.6 Å². The second kappa shape index (κ2) is 17.0. The number of nitrogens with zero attached hydrogens (tertiary/aromatic N) is 4. The quantitative estimate of drug-likeness (QED) is 0.209. The molecule has 1 saturated carbocycles. The lowest BCUT2D eigenvalue weighted by Gasteiger charge is -2.40. The highest BCUT2D eigenvalue weighted by Crippen LogP contribution is 2.40. The fourth-order valence-corrected chi connectivity index (χ4v) is 8.23. The zero-order chi connectivity index (χ0) is 38.7. The molecule has 6 rings (SSSR count). The van der Waals surface area contributed by atoms with Crippen LogP contribution in [0.2, 0.25) is 15.1 Å². The second-order valence-corrected chi connectivity index (χ2v) is 16.9. The van der Waals surface area contributed by atoms with Gasteiger partial charge in [-0.1, -0.05) is 53.0 Å². The first kappa shape index (κ1) is 39.9. The molecule has 2 saturated heterocycles. The standard InChI is InChI=1S/C41H50Cl3N5O5/c1-6-45-37(50)20-26-7-11-33(42)28(19-26)22-49(29-9-10-29)39(51)32-24-48(40(52)54-41(3,4)5)16-14-31(32)27-8-12-36(46-21-27)47-15-13-30(23-47)53-38-34(43)17-25(2)18-35(38)44/h7-8,11-12,17-19,21,29-32H,6,9-10,13-16,20,22-24H2,1-5H3,(H,45,50)/t30-,31-,32+/m1/s1. The van der Waals surface area contributed by atoms with Crippen LogP contribution in [0.25, 0.3) is 0 Å². The summed E-state index contributed by atoms with van der Waals surface area (Å²) in [7, 11) is 0. The van der Waals surface area contributed by atoms with Crippen LogP contribution in [0.3, 0.4) is 0 Å². The predicted molar refractivity (Wildman–Crippen MR) is 213 cm³/mol. The van der Waals surface area contributed by atoms with Gasteiger partial charge in [-0.05, 0) is 100 Å². The van der Waals surface area contributed by atoms with E-state index in [1.54, 1.807) is 11.0 Å². The number of anilines is 1. The van der Waals surface area contributed by atoms with Gasteiger partial charge >= 0.3 is 6.09 Å². The van der Waals surface area contributed by atoms with Crippen molar-refractivity contribution in [2.45, 2.75) is 96.9 Å². The third kappa shape index (κ3) is 9.92. The van der Waals surface area contributed by atoms with E-state index in [1.165, 1.54) is 0 Å². The Labute approximate surface area is 333 Å². The van der Waals surface area contributed by atoms with Crippen molar-refractivity contribution < 1.29 is 23.9 Å². The minimum atomic E-state index is -0.665. The number of rotatable bonds is 11. The van der Waals surface area contributed by atoms with E-state index in [2.05, 4.69) is 16.3 Å². The summed E-state index contributed by atoms with van der Waals surface area (Å²) < 4.78 is 12.0. The molecule has 13 heteroatoms. The van der Waals surface area contributed by atoms with E-state index in [0.29, 0.717) is 53.4 Å². The van der Waals surface area contributed by atoms with Crippen molar-refractivity contribution in [3.8, 4) is 5.75 Å². The highest BCUT2D eigenvalue weighted by molar-refractivity contribution is 6.37. The van der Waals surface area contributed by atoms with Crippen LogP contribution in [-0.4, -0.2) is 83.2 Å². The molecule has 2 aromatic carbocycles. The molecular formula is C41H50Cl3N5O5. The molecule has 3 amide bonds. The maximum atomic E-state index is 14.8. The molecule has 3 fully saturated rings. The molecule has 3 aromatic rings. The van der Waals surface area contributed by atoms with Crippen LogP contribution in [0.5, 0.6) is 5.75 Å². The summed E-state index contributed by atoms with van der Waals surface area (Å²) >= 11 is 19.6. The Morgan fingerprint density at radius 2 is 1.69 bits per heavy atom. The molecule has 2 aliphatic heterocycles. The first-order chi connectivity index (χ1) is 25.7. The highest BCUT2D eigenvalue weighted by Gasteiger charge is 2.43. The SMILES string of the molecule is CCNC(=O)Cc1ccc(Cl)c(CN(C(=O)[C@H]2CN(C(=O)OC(C)(C)C)CC[C@@H]2c2ccc(N3CC[C@@H](Oc4c(Cl)cc(C)cc4Cl)C3)nc2)C2CC2)c1. The van der Waals surface area contributed by atoms with Crippen LogP contribution in [0, 0.1) is 12.8 Å². The molecule has 3 heterocycles. The number of likely N-dealkylation sites (N-methyl/N-ethyl adjacent to an activating group) is 1. The third-order valence-electron chi connectivity index (χ3n) is 10.1. The molecule has 10 nitrogen and oxygen atoms in total. The number of nitrogens with one attached hydrogen (secondary N) is 1. The van der Waals surface area contributed by atoms with Gasteiger partial charge in [0.25, 0.3) is 0 Å². The average Bonchev–Trinajstić information content (AvgIpc) is 3.85. The Hall–Kier alpha value is -3.73. The Bertz CT molecular complexity index is 1820. The zero-order valence-corrected chi connectivity index (χ0v) is 33.9. The zero-order valence-electron chi connectivity index (χ0n) is 31.7. The number of hydrogen-bond acceptors (Lipinski definition) is 7. The monoisotopic (exact) mass is 797 g/mol. The van der Waals surface area contributed by atoms with Crippen molar-refractivity contribution in [1.29, 1.82) is 0 Å². The smallest absolute Gasteiger partial charge is 0.410 e. The lowest BCUT2D eigenvalue weighted by Crippen LogP contribution is -2.51. The van der Waals surface area contributed by atoms with Crippen molar-refractivity contribution >= 4 is 58.5 Å². The van der Waals surface area contributed by atoms with Gasteiger partial charge in [-0.25, -0.2) is 9.78 Å². The number of pyridine rings is 1. The maximum absolute atomic E-state index is 14.8. The second-order valence-electron chi connectivity index (χ2n) is 15.7. The molecule has 290 valence electrons. The van der Waals surface area contributed by atoms with Gasteiger partial charge in [0.2, 0.25) is 11.8 Å². The third-order valence-corrected chi connectivity index (χ3v) is 11.1. The Morgan fingerprint density at radius 1 is 0.944 bits per heavy atom. The van der Waals surface area contributed by atoms with Crippen molar-refractivity contribution in [3.63, 3.8) is 0 Å². The van der Waals surface area contributed by atoms with E-state index in [4.69, 9.17) is 49.3 Å². The summed E-state index contributed by atoms with van der Waals surface area (Å²) in [6.07, 6.45) is 4.74. The van der Waals surface area contributed by atoms with Crippen LogP contribution in [0.1, 0.15) is 81.5 Å². The predicted octanol–water partition coefficient (Wildman–Crippen LogP) is 8.22. The highest BCUT2D eigenvalue weighted by atomic mass is 35.5. The molecule has 3 aliphatic rings. The summed E-state index contributed by atoms with van der Waals surface area (Å²) in [5.74, 6) is 0.536. The fraction of sp³-hybridized carbons (Fsp3) is 0.512. The molecule has 0 spiro atoms. The molecular weight excluding hydrogens is 749 g/mol. The number of likely N-dealkylation sites (tertiary alicyclic amines) is 1. The first-order valence-electron chi connectivity index (χ1n) is 18.8. The van der Waals surface area contributed by atoms with Gasteiger partial charge in [-0.15, -0.1) is 0 Å². The summed E-state index contributed by atoms with van der Waals surface area (Å²) in [6.45, 7) is 12.3. The van der Waals surface area contributed by atoms with E-state index >= 15 is 0 Å². The number of aryl methyl sites for hydroxylation is 1. The summed E-state index contributed by atoms with van der Waals surface area (Å²) in [5, 5.41) is 4.38. The van der Waals surface area contributed by atoms with Crippen LogP contribution >= 0.6 is 34.8 Å². The van der Waals surface area contributed by atoms with Crippen molar-refractivity contribution in [3.05, 3.63) is 86.0 Å². The van der Waals surface area contributed by atoms with Crippen LogP contribution < -0.4 is 15.0 Å². The van der Waals surface area contributed by atoms with Crippen LogP contribution in [0.15, 0.2) is 48.7 Å². The number of halogens is 3. The minimum absolute atomic E-state index is 0.0296. The first-order valence-corrected chi connectivity index (χ1v) is 20.0. The van der Waals surface area contributed by atoms with Gasteiger partial charge in [0, 0.05) is 62.3 Å². The van der Waals surface area contributed by atoms with Gasteiger partial charge in [0.05, 0.1) is 28.9 Å². The molecule has 0 bridgehead atoms. The normalized spacial score (nSPS) is 20.1. The van der Waals surface area contributed by atoms with E-state index in [-0.39, 0.29) is 42.8 Å². The number of carbonyl (C=O) groups is 3. The van der Waals surface area contributed by atoms with Crippen LogP contribution in [-0.2, 0) is 27.3 Å². The average molecular weight is 799 g/mol. The van der Waals surface area contributed by atoms with E-state index in [9.17, 15) is 14.4 Å². The molecule has 0 unspecified atom stereocenters. The number of benzene rings is 2. The lowest BCUT2D eigenvalue weighted by molar-refractivity contribution is -0.139. The maximum Gasteiger partial charge on any atom is 0.410 e. The molecule has 3 atom stereocenters. The lowest BCUT2D eigenvalue weighted by atomic mass is 9.80. The molecule has 54 heavy (non-hydrogen) atoms. The number of carbonyl (C=O) groups excluding carboxylic acids is 3.